The van der Waals surface area contributed by atoms with Gasteiger partial charge in [0.05, 0.1) is 28.0 Å². The summed E-state index contributed by atoms with van der Waals surface area (Å²) in [5.41, 5.74) is 13.4. The van der Waals surface area contributed by atoms with Gasteiger partial charge in [-0.1, -0.05) is 164 Å². The van der Waals surface area contributed by atoms with Gasteiger partial charge in [0.15, 0.2) is 11.4 Å². The van der Waals surface area contributed by atoms with E-state index >= 15 is 0 Å². The van der Waals surface area contributed by atoms with E-state index in [9.17, 15) is 0 Å². The summed E-state index contributed by atoms with van der Waals surface area (Å²) in [6.07, 6.45) is 0. The van der Waals surface area contributed by atoms with Crippen LogP contribution in [-0.2, 0) is 0 Å². The quantitative estimate of drug-likeness (QED) is 0.181. The van der Waals surface area contributed by atoms with Gasteiger partial charge in [-0.05, 0) is 62.5 Å². The van der Waals surface area contributed by atoms with E-state index in [2.05, 4.69) is 180 Å². The molecule has 11 aromatic rings. The molecule has 11 rings (SSSR count). The van der Waals surface area contributed by atoms with Crippen LogP contribution in [0.15, 0.2) is 192 Å². The summed E-state index contributed by atoms with van der Waals surface area (Å²) >= 11 is 0. The zero-order valence-corrected chi connectivity index (χ0v) is 29.1. The van der Waals surface area contributed by atoms with Crippen LogP contribution in [0.3, 0.4) is 0 Å². The predicted octanol–water partition coefficient (Wildman–Crippen LogP) is 13.3. The summed E-state index contributed by atoms with van der Waals surface area (Å²) in [7, 11) is 0. The fraction of sp³-hybridized carbons (Fsp3) is 0. The van der Waals surface area contributed by atoms with Gasteiger partial charge in [-0.2, -0.15) is 0 Å². The topological polar surface area (TPSA) is 43.3 Å². The van der Waals surface area contributed by atoms with Crippen molar-refractivity contribution in [3.05, 3.63) is 188 Å². The van der Waals surface area contributed by atoms with Gasteiger partial charge in [0, 0.05) is 22.1 Å². The summed E-state index contributed by atoms with van der Waals surface area (Å²) in [4.78, 5) is 10.4. The predicted molar refractivity (Wildman–Crippen MR) is 222 cm³/mol. The van der Waals surface area contributed by atoms with E-state index in [4.69, 9.17) is 14.4 Å². The zero-order valence-electron chi connectivity index (χ0n) is 29.1. The number of nitrogens with zero attached hydrogens (tertiary/aromatic N) is 3. The molecule has 0 unspecified atom stereocenters. The van der Waals surface area contributed by atoms with Crippen molar-refractivity contribution in [1.29, 1.82) is 0 Å². The molecule has 0 spiro atoms. The molecular formula is C50H31N3O. The summed E-state index contributed by atoms with van der Waals surface area (Å²) in [5.74, 6) is 0.712. The first-order valence-corrected chi connectivity index (χ1v) is 18.2. The molecule has 0 radical (unpaired) electrons. The summed E-state index contributed by atoms with van der Waals surface area (Å²) < 4.78 is 8.69. The van der Waals surface area contributed by atoms with Crippen LogP contribution >= 0.6 is 0 Å². The molecule has 0 N–H and O–H groups in total. The van der Waals surface area contributed by atoms with Crippen molar-refractivity contribution in [1.82, 2.24) is 14.4 Å². The third kappa shape index (κ3) is 4.85. The van der Waals surface area contributed by atoms with Crippen molar-refractivity contribution >= 4 is 49.3 Å². The highest BCUT2D eigenvalue weighted by Crippen LogP contribution is 2.40. The first kappa shape index (κ1) is 30.3. The lowest BCUT2D eigenvalue weighted by Crippen LogP contribution is -1.97. The monoisotopic (exact) mass is 689 g/mol. The second-order valence-electron chi connectivity index (χ2n) is 13.8. The fourth-order valence-electron chi connectivity index (χ4n) is 8.05. The summed E-state index contributed by atoms with van der Waals surface area (Å²) in [6.45, 7) is 0. The highest BCUT2D eigenvalue weighted by Gasteiger charge is 2.20. The molecule has 4 nitrogen and oxygen atoms in total. The molecule has 0 bridgehead atoms. The molecule has 3 aromatic heterocycles. The maximum atomic E-state index is 6.46. The third-order valence-corrected chi connectivity index (χ3v) is 10.7. The van der Waals surface area contributed by atoms with Gasteiger partial charge in [0.1, 0.15) is 0 Å². The first-order chi connectivity index (χ1) is 26.8. The lowest BCUT2D eigenvalue weighted by molar-refractivity contribution is 0.658. The van der Waals surface area contributed by atoms with Crippen molar-refractivity contribution in [3.63, 3.8) is 0 Å². The van der Waals surface area contributed by atoms with Gasteiger partial charge in [-0.3, -0.25) is 4.40 Å². The highest BCUT2D eigenvalue weighted by molar-refractivity contribution is 6.07. The number of para-hydroxylation sites is 3. The highest BCUT2D eigenvalue weighted by atomic mass is 16.3. The number of hydrogen-bond acceptors (Lipinski definition) is 3. The summed E-state index contributed by atoms with van der Waals surface area (Å²) in [6, 6.07) is 66.1. The number of fused-ring (bicyclic) bond motifs is 7. The minimum Gasteiger partial charge on any atom is -0.438 e. The molecule has 0 aliphatic rings. The van der Waals surface area contributed by atoms with E-state index < -0.39 is 0 Å². The maximum Gasteiger partial charge on any atom is 0.213 e. The first-order valence-electron chi connectivity index (χ1n) is 18.2. The Labute approximate surface area is 311 Å². The third-order valence-electron chi connectivity index (χ3n) is 10.7. The van der Waals surface area contributed by atoms with Gasteiger partial charge in [0.2, 0.25) is 5.71 Å². The van der Waals surface area contributed by atoms with E-state index in [-0.39, 0.29) is 0 Å². The second kappa shape index (κ2) is 12.1. The number of aromatic nitrogens is 3. The van der Waals surface area contributed by atoms with E-state index in [1.54, 1.807) is 0 Å². The molecule has 3 heterocycles. The Morgan fingerprint density at radius 3 is 1.63 bits per heavy atom. The molecule has 0 saturated carbocycles. The molecule has 54 heavy (non-hydrogen) atoms. The average Bonchev–Trinajstić information content (AvgIpc) is 3.78. The smallest absolute Gasteiger partial charge is 0.213 e. The van der Waals surface area contributed by atoms with Gasteiger partial charge in [-0.15, -0.1) is 0 Å². The van der Waals surface area contributed by atoms with Crippen LogP contribution in [-0.4, -0.2) is 14.4 Å². The number of benzene rings is 8. The Balaban J connectivity index is 0.995. The van der Waals surface area contributed by atoms with E-state index in [0.29, 0.717) is 5.82 Å². The number of rotatable bonds is 5. The van der Waals surface area contributed by atoms with Crippen LogP contribution in [0.1, 0.15) is 0 Å². The van der Waals surface area contributed by atoms with Crippen LogP contribution in [0, 0.1) is 0 Å². The lowest BCUT2D eigenvalue weighted by atomic mass is 9.97. The Bertz CT molecular complexity index is 3100. The van der Waals surface area contributed by atoms with Crippen molar-refractivity contribution in [2.45, 2.75) is 0 Å². The molecule has 0 saturated heterocycles. The van der Waals surface area contributed by atoms with Gasteiger partial charge in [0.25, 0.3) is 0 Å². The summed E-state index contributed by atoms with van der Waals surface area (Å²) in [5, 5.41) is 5.83. The second-order valence-corrected chi connectivity index (χ2v) is 13.8. The van der Waals surface area contributed by atoms with Crippen LogP contribution in [0.5, 0.6) is 0 Å². The Hall–Kier alpha value is -7.30. The largest absolute Gasteiger partial charge is 0.438 e. The Morgan fingerprint density at radius 2 is 0.907 bits per heavy atom. The molecule has 8 aromatic carbocycles. The van der Waals surface area contributed by atoms with E-state index in [0.717, 1.165) is 78.0 Å². The van der Waals surface area contributed by atoms with E-state index in [1.165, 1.54) is 21.5 Å². The van der Waals surface area contributed by atoms with Crippen LogP contribution in [0.2, 0.25) is 0 Å². The molecule has 0 fully saturated rings. The standard InChI is InChI=1S/C50H31N3O/c1-3-15-38-34(11-1)13-9-18-40(38)44-31-43(51-49(52-44)41-19-10-14-35-12-2-4-16-39(35)41)36-27-23-32(24-28-36)33-25-29-37(30-26-33)48-42-17-5-6-20-45(42)53-46-21-7-8-22-47(46)54-50(48)53/h1-31H. The van der Waals surface area contributed by atoms with E-state index in [1.807, 2.05) is 12.1 Å². The minimum absolute atomic E-state index is 0.712. The van der Waals surface area contributed by atoms with Crippen LogP contribution in [0.25, 0.3) is 105 Å². The molecule has 0 aliphatic heterocycles. The van der Waals surface area contributed by atoms with Gasteiger partial charge >= 0.3 is 0 Å². The molecule has 0 amide bonds. The van der Waals surface area contributed by atoms with Gasteiger partial charge in [-0.25, -0.2) is 9.97 Å². The molecule has 0 aliphatic carbocycles. The average molecular weight is 690 g/mol. The van der Waals surface area contributed by atoms with Crippen LogP contribution < -0.4 is 0 Å². The number of hydrogen-bond donors (Lipinski definition) is 0. The molecular weight excluding hydrogens is 659 g/mol. The van der Waals surface area contributed by atoms with Crippen molar-refractivity contribution in [3.8, 4) is 56.2 Å². The SMILES string of the molecule is c1ccc2c(-c3cc(-c4ccc(-c5ccc(-c6c7ccccc7n7c6oc6ccccc67)cc5)cc4)nc(-c4cccc5ccccc45)n3)cccc2c1. The lowest BCUT2D eigenvalue weighted by Gasteiger charge is -2.13. The van der Waals surface area contributed by atoms with Crippen molar-refractivity contribution in [2.24, 2.45) is 0 Å². The van der Waals surface area contributed by atoms with Crippen LogP contribution in [0.4, 0.5) is 0 Å². The van der Waals surface area contributed by atoms with Crippen molar-refractivity contribution < 1.29 is 4.42 Å². The van der Waals surface area contributed by atoms with Crippen molar-refractivity contribution in [2.75, 3.05) is 0 Å². The minimum atomic E-state index is 0.712. The zero-order chi connectivity index (χ0) is 35.6. The fourth-order valence-corrected chi connectivity index (χ4v) is 8.05. The normalized spacial score (nSPS) is 11.7. The maximum absolute atomic E-state index is 6.46. The molecule has 0 atom stereocenters. The Morgan fingerprint density at radius 1 is 0.389 bits per heavy atom. The Kier molecular flexibility index (Phi) is 6.82. The molecule has 4 heteroatoms. The van der Waals surface area contributed by atoms with Gasteiger partial charge < -0.3 is 4.42 Å². The number of oxazole rings is 1. The molecule has 252 valence electrons.